The molecule has 0 saturated heterocycles. The molecule has 1 N–H and O–H groups in total. The third-order valence-electron chi connectivity index (χ3n) is 2.71. The molecule has 23 heavy (non-hydrogen) atoms. The van der Waals surface area contributed by atoms with Crippen LogP contribution >= 0.6 is 11.8 Å². The van der Waals surface area contributed by atoms with E-state index in [1.54, 1.807) is 12.1 Å². The van der Waals surface area contributed by atoms with Gasteiger partial charge in [-0.3, -0.25) is 4.72 Å². The van der Waals surface area contributed by atoms with Crippen LogP contribution in [-0.4, -0.2) is 21.0 Å². The first kappa shape index (κ1) is 17.5. The Morgan fingerprint density at radius 1 is 1.00 bits per heavy atom. The highest BCUT2D eigenvalue weighted by Gasteiger charge is 2.31. The van der Waals surface area contributed by atoms with Crippen molar-refractivity contribution >= 4 is 27.5 Å². The molecular weight excluding hydrogens is 351 g/mol. The van der Waals surface area contributed by atoms with Crippen LogP contribution in [0.4, 0.5) is 18.9 Å². The van der Waals surface area contributed by atoms with Crippen LogP contribution in [-0.2, 0) is 10.0 Å². The van der Waals surface area contributed by atoms with Gasteiger partial charge in [-0.2, -0.15) is 0 Å². The molecule has 4 nitrogen and oxygen atoms in total. The summed E-state index contributed by atoms with van der Waals surface area (Å²) in [6, 6.07) is 10.7. The summed E-state index contributed by atoms with van der Waals surface area (Å²) in [6.07, 6.45) is -2.92. The second-order valence-corrected chi connectivity index (χ2v) is 6.92. The SMILES string of the molecule is CSc1ccc(S(=O)(=O)Nc2ccc(OC(F)(F)F)cc2)cc1. The zero-order chi connectivity index (χ0) is 17.1. The standard InChI is InChI=1S/C14H12F3NO3S2/c1-22-12-6-8-13(9-7-12)23(19,20)18-10-2-4-11(5-3-10)21-14(15,16)17/h2-9,18H,1H3. The number of rotatable bonds is 5. The van der Waals surface area contributed by atoms with Crippen molar-refractivity contribution < 1.29 is 26.3 Å². The van der Waals surface area contributed by atoms with E-state index in [0.29, 0.717) is 0 Å². The molecule has 0 aliphatic carbocycles. The molecule has 0 atom stereocenters. The second kappa shape index (κ2) is 6.71. The predicted molar refractivity (Wildman–Crippen MR) is 82.2 cm³/mol. The average Bonchev–Trinajstić information content (AvgIpc) is 2.48. The van der Waals surface area contributed by atoms with E-state index in [9.17, 15) is 21.6 Å². The number of sulfonamides is 1. The maximum atomic E-state index is 12.2. The fraction of sp³-hybridized carbons (Fsp3) is 0.143. The second-order valence-electron chi connectivity index (χ2n) is 4.35. The van der Waals surface area contributed by atoms with Gasteiger partial charge in [-0.05, 0) is 54.8 Å². The van der Waals surface area contributed by atoms with Crippen molar-refractivity contribution in [1.82, 2.24) is 0 Å². The average molecular weight is 363 g/mol. The number of nitrogens with one attached hydrogen (secondary N) is 1. The summed E-state index contributed by atoms with van der Waals surface area (Å²) in [5.74, 6) is -0.426. The molecule has 0 fully saturated rings. The summed E-state index contributed by atoms with van der Waals surface area (Å²) in [7, 11) is -3.81. The van der Waals surface area contributed by atoms with E-state index in [-0.39, 0.29) is 10.6 Å². The number of ether oxygens (including phenoxy) is 1. The van der Waals surface area contributed by atoms with Crippen LogP contribution in [0.25, 0.3) is 0 Å². The molecule has 2 aromatic carbocycles. The Morgan fingerprint density at radius 3 is 2.04 bits per heavy atom. The fourth-order valence-electron chi connectivity index (χ4n) is 1.69. The Morgan fingerprint density at radius 2 is 1.57 bits per heavy atom. The van der Waals surface area contributed by atoms with Crippen molar-refractivity contribution in [1.29, 1.82) is 0 Å². The molecule has 0 heterocycles. The van der Waals surface area contributed by atoms with Gasteiger partial charge in [-0.1, -0.05) is 0 Å². The molecule has 0 aliphatic heterocycles. The lowest BCUT2D eigenvalue weighted by Crippen LogP contribution is -2.17. The number of halogens is 3. The Bertz CT molecular complexity index is 757. The van der Waals surface area contributed by atoms with Gasteiger partial charge in [0.05, 0.1) is 4.90 Å². The Balaban J connectivity index is 2.13. The van der Waals surface area contributed by atoms with Crippen LogP contribution in [0.1, 0.15) is 0 Å². The Hall–Kier alpha value is -1.87. The van der Waals surface area contributed by atoms with E-state index in [1.165, 1.54) is 36.0 Å². The minimum absolute atomic E-state index is 0.0610. The van der Waals surface area contributed by atoms with Crippen molar-refractivity contribution in [2.24, 2.45) is 0 Å². The predicted octanol–water partition coefficient (Wildman–Crippen LogP) is 4.11. The number of hydrogen-bond donors (Lipinski definition) is 1. The third kappa shape index (κ3) is 5.07. The summed E-state index contributed by atoms with van der Waals surface area (Å²) >= 11 is 1.48. The molecular formula is C14H12F3NO3S2. The minimum Gasteiger partial charge on any atom is -0.406 e. The summed E-state index contributed by atoms with van der Waals surface area (Å²) in [6.45, 7) is 0. The highest BCUT2D eigenvalue weighted by Crippen LogP contribution is 2.25. The van der Waals surface area contributed by atoms with Crippen molar-refractivity contribution in [3.05, 3.63) is 48.5 Å². The molecule has 0 saturated carbocycles. The van der Waals surface area contributed by atoms with E-state index in [1.807, 2.05) is 6.26 Å². The lowest BCUT2D eigenvalue weighted by molar-refractivity contribution is -0.274. The molecule has 0 bridgehead atoms. The number of alkyl halides is 3. The van der Waals surface area contributed by atoms with E-state index >= 15 is 0 Å². The van der Waals surface area contributed by atoms with Crippen LogP contribution in [0.3, 0.4) is 0 Å². The van der Waals surface area contributed by atoms with Gasteiger partial charge in [0.2, 0.25) is 0 Å². The number of thioether (sulfide) groups is 1. The van der Waals surface area contributed by atoms with E-state index in [0.717, 1.165) is 17.0 Å². The zero-order valence-electron chi connectivity index (χ0n) is 11.8. The van der Waals surface area contributed by atoms with Gasteiger partial charge in [0.25, 0.3) is 10.0 Å². The topological polar surface area (TPSA) is 55.4 Å². The highest BCUT2D eigenvalue weighted by molar-refractivity contribution is 7.98. The van der Waals surface area contributed by atoms with Gasteiger partial charge in [-0.25, -0.2) is 8.42 Å². The first-order valence-electron chi connectivity index (χ1n) is 6.22. The van der Waals surface area contributed by atoms with E-state index in [4.69, 9.17) is 0 Å². The van der Waals surface area contributed by atoms with Crippen LogP contribution < -0.4 is 9.46 Å². The fourth-order valence-corrected chi connectivity index (χ4v) is 3.16. The molecule has 0 aromatic heterocycles. The molecule has 0 radical (unpaired) electrons. The molecule has 2 aromatic rings. The van der Waals surface area contributed by atoms with Crippen LogP contribution in [0.15, 0.2) is 58.3 Å². The van der Waals surface area contributed by atoms with Crippen molar-refractivity contribution in [3.8, 4) is 5.75 Å². The Kier molecular flexibility index (Phi) is 5.10. The molecule has 0 unspecified atom stereocenters. The van der Waals surface area contributed by atoms with Gasteiger partial charge in [0.15, 0.2) is 0 Å². The van der Waals surface area contributed by atoms with Crippen LogP contribution in [0.5, 0.6) is 5.75 Å². The first-order valence-corrected chi connectivity index (χ1v) is 8.93. The smallest absolute Gasteiger partial charge is 0.406 e. The third-order valence-corrected chi connectivity index (χ3v) is 4.85. The lowest BCUT2D eigenvalue weighted by Gasteiger charge is -2.11. The highest BCUT2D eigenvalue weighted by atomic mass is 32.2. The molecule has 2 rings (SSSR count). The maximum Gasteiger partial charge on any atom is 0.573 e. The van der Waals surface area contributed by atoms with Gasteiger partial charge >= 0.3 is 6.36 Å². The lowest BCUT2D eigenvalue weighted by atomic mass is 10.3. The minimum atomic E-state index is -4.79. The molecule has 9 heteroatoms. The number of hydrogen-bond acceptors (Lipinski definition) is 4. The summed E-state index contributed by atoms with van der Waals surface area (Å²) in [5.41, 5.74) is 0.133. The molecule has 0 aliphatic rings. The zero-order valence-corrected chi connectivity index (χ0v) is 13.4. The first-order chi connectivity index (χ1) is 10.7. The quantitative estimate of drug-likeness (QED) is 0.813. The van der Waals surface area contributed by atoms with Gasteiger partial charge in [-0.15, -0.1) is 24.9 Å². The number of anilines is 1. The van der Waals surface area contributed by atoms with Gasteiger partial charge in [0.1, 0.15) is 5.75 Å². The Labute approximate surface area is 135 Å². The normalized spacial score (nSPS) is 12.0. The van der Waals surface area contributed by atoms with Gasteiger partial charge < -0.3 is 4.74 Å². The van der Waals surface area contributed by atoms with E-state index in [2.05, 4.69) is 9.46 Å². The summed E-state index contributed by atoms with van der Waals surface area (Å²) < 4.78 is 66.6. The number of benzene rings is 2. The van der Waals surface area contributed by atoms with Crippen molar-refractivity contribution in [2.75, 3.05) is 11.0 Å². The largest absolute Gasteiger partial charge is 0.573 e. The van der Waals surface area contributed by atoms with Gasteiger partial charge in [0, 0.05) is 10.6 Å². The molecule has 0 amide bonds. The maximum absolute atomic E-state index is 12.2. The summed E-state index contributed by atoms with van der Waals surface area (Å²) in [5, 5.41) is 0. The van der Waals surface area contributed by atoms with Crippen LogP contribution in [0.2, 0.25) is 0 Å². The summed E-state index contributed by atoms with van der Waals surface area (Å²) in [4.78, 5) is 0.975. The molecule has 124 valence electrons. The monoisotopic (exact) mass is 363 g/mol. The van der Waals surface area contributed by atoms with E-state index < -0.39 is 22.1 Å². The van der Waals surface area contributed by atoms with Crippen molar-refractivity contribution in [3.63, 3.8) is 0 Å². The molecule has 0 spiro atoms. The van der Waals surface area contributed by atoms with Crippen LogP contribution in [0, 0.1) is 0 Å². The van der Waals surface area contributed by atoms with Crippen molar-refractivity contribution in [2.45, 2.75) is 16.2 Å².